The Morgan fingerprint density at radius 1 is 1.20 bits per heavy atom. The van der Waals surface area contributed by atoms with E-state index in [0.717, 1.165) is 28.3 Å². The second-order valence-corrected chi connectivity index (χ2v) is 8.74. The largest absolute Gasteiger partial charge is 0.573 e. The first kappa shape index (κ1) is 23.8. The van der Waals surface area contributed by atoms with Crippen molar-refractivity contribution < 1.29 is 31.1 Å². The molecule has 0 saturated carbocycles. The molecule has 0 bridgehead atoms. The molecule has 0 aliphatic heterocycles. The number of halogens is 4. The normalized spacial score (nSPS) is 12.9. The van der Waals surface area contributed by atoms with E-state index >= 15 is 0 Å². The van der Waals surface area contributed by atoms with Crippen molar-refractivity contribution in [2.45, 2.75) is 32.7 Å². The third-order valence-corrected chi connectivity index (χ3v) is 5.68. The van der Waals surface area contributed by atoms with Gasteiger partial charge >= 0.3 is 6.36 Å². The molecule has 30 heavy (non-hydrogen) atoms. The van der Waals surface area contributed by atoms with Gasteiger partial charge in [0.2, 0.25) is 15.9 Å². The molecule has 2 rings (SSSR count). The number of carbonyl (C=O) groups is 1. The van der Waals surface area contributed by atoms with E-state index in [9.17, 15) is 26.4 Å². The lowest BCUT2D eigenvalue weighted by Crippen LogP contribution is -2.47. The highest BCUT2D eigenvalue weighted by Gasteiger charge is 2.32. The number of benzene rings is 2. The molecule has 164 valence electrons. The van der Waals surface area contributed by atoms with Gasteiger partial charge < -0.3 is 10.1 Å². The SMILES string of the molecule is CCC(C(=O)Nc1ccc(OC(F)(F)F)cc1)N(c1ccc(C)c(Cl)c1)S(C)(=O)=O. The zero-order valence-electron chi connectivity index (χ0n) is 16.3. The quantitative estimate of drug-likeness (QED) is 0.642. The van der Waals surface area contributed by atoms with Crippen molar-refractivity contribution in [2.75, 3.05) is 15.9 Å². The molecule has 6 nitrogen and oxygen atoms in total. The van der Waals surface area contributed by atoms with E-state index < -0.39 is 34.1 Å². The molecule has 0 aromatic heterocycles. The number of amides is 1. The van der Waals surface area contributed by atoms with Gasteiger partial charge in [-0.05, 0) is 55.3 Å². The van der Waals surface area contributed by atoms with Crippen LogP contribution in [0.5, 0.6) is 5.75 Å². The molecule has 0 radical (unpaired) electrons. The maximum atomic E-state index is 12.8. The van der Waals surface area contributed by atoms with Crippen LogP contribution >= 0.6 is 11.6 Å². The number of rotatable bonds is 7. The number of hydrogen-bond donors (Lipinski definition) is 1. The number of carbonyl (C=O) groups excluding carboxylic acids is 1. The standard InChI is InChI=1S/C19H20ClF3N2O4S/c1-4-17(25(30(3,27)28)14-8-5-12(2)16(20)11-14)18(26)24-13-6-9-15(10-7-13)29-19(21,22)23/h5-11,17H,4H2,1-3H3,(H,24,26). The van der Waals surface area contributed by atoms with Crippen LogP contribution in [0.1, 0.15) is 18.9 Å². The third kappa shape index (κ3) is 6.27. The van der Waals surface area contributed by atoms with E-state index in [1.807, 2.05) is 0 Å². The molecule has 1 atom stereocenters. The van der Waals surface area contributed by atoms with Gasteiger partial charge in [-0.3, -0.25) is 9.10 Å². The number of nitrogens with zero attached hydrogens (tertiary/aromatic N) is 1. The maximum Gasteiger partial charge on any atom is 0.573 e. The molecule has 0 aliphatic rings. The van der Waals surface area contributed by atoms with Crippen LogP contribution in [-0.4, -0.2) is 33.0 Å². The van der Waals surface area contributed by atoms with E-state index in [2.05, 4.69) is 10.1 Å². The van der Waals surface area contributed by atoms with Gasteiger partial charge in [-0.25, -0.2) is 8.42 Å². The molecule has 2 aromatic rings. The average molecular weight is 465 g/mol. The van der Waals surface area contributed by atoms with Gasteiger partial charge in [0, 0.05) is 10.7 Å². The highest BCUT2D eigenvalue weighted by Crippen LogP contribution is 2.28. The lowest BCUT2D eigenvalue weighted by Gasteiger charge is -2.30. The topological polar surface area (TPSA) is 75.7 Å². The molecule has 1 unspecified atom stereocenters. The smallest absolute Gasteiger partial charge is 0.406 e. The fourth-order valence-electron chi connectivity index (χ4n) is 2.74. The molecular weight excluding hydrogens is 445 g/mol. The third-order valence-electron chi connectivity index (χ3n) is 4.10. The molecule has 2 aromatic carbocycles. The van der Waals surface area contributed by atoms with Crippen molar-refractivity contribution in [2.24, 2.45) is 0 Å². The summed E-state index contributed by atoms with van der Waals surface area (Å²) in [5.41, 5.74) is 1.15. The predicted molar refractivity (Wildman–Crippen MR) is 109 cm³/mol. The van der Waals surface area contributed by atoms with Gasteiger partial charge in [0.15, 0.2) is 0 Å². The predicted octanol–water partition coefficient (Wildman–Crippen LogP) is 4.73. The van der Waals surface area contributed by atoms with Crippen molar-refractivity contribution in [1.29, 1.82) is 0 Å². The number of sulfonamides is 1. The minimum Gasteiger partial charge on any atom is -0.406 e. The van der Waals surface area contributed by atoms with Gasteiger partial charge in [0.05, 0.1) is 11.9 Å². The lowest BCUT2D eigenvalue weighted by molar-refractivity contribution is -0.274. The Balaban J connectivity index is 2.28. The van der Waals surface area contributed by atoms with Crippen molar-refractivity contribution in [3.63, 3.8) is 0 Å². The van der Waals surface area contributed by atoms with Crippen LogP contribution in [0.3, 0.4) is 0 Å². The van der Waals surface area contributed by atoms with Gasteiger partial charge in [-0.1, -0.05) is 24.6 Å². The summed E-state index contributed by atoms with van der Waals surface area (Å²) in [5, 5.41) is 2.86. The lowest BCUT2D eigenvalue weighted by atomic mass is 10.1. The number of anilines is 2. The van der Waals surface area contributed by atoms with E-state index in [1.54, 1.807) is 26.0 Å². The fraction of sp³-hybridized carbons (Fsp3) is 0.316. The number of alkyl halides is 3. The molecule has 0 fully saturated rings. The number of hydrogen-bond acceptors (Lipinski definition) is 4. The monoisotopic (exact) mass is 464 g/mol. The minimum atomic E-state index is -4.83. The Morgan fingerprint density at radius 3 is 2.27 bits per heavy atom. The summed E-state index contributed by atoms with van der Waals surface area (Å²) in [6.07, 6.45) is -3.72. The van der Waals surface area contributed by atoms with Crippen LogP contribution < -0.4 is 14.4 Å². The first-order chi connectivity index (χ1) is 13.8. The van der Waals surface area contributed by atoms with Gasteiger partial charge in [-0.15, -0.1) is 13.2 Å². The number of ether oxygens (including phenoxy) is 1. The summed E-state index contributed by atoms with van der Waals surface area (Å²) in [6, 6.07) is 8.05. The Morgan fingerprint density at radius 2 is 1.80 bits per heavy atom. The summed E-state index contributed by atoms with van der Waals surface area (Å²) in [7, 11) is -3.85. The summed E-state index contributed by atoms with van der Waals surface area (Å²) < 4.78 is 66.4. The van der Waals surface area contributed by atoms with Crippen LogP contribution in [0.2, 0.25) is 5.02 Å². The Labute approximate surface area is 177 Å². The van der Waals surface area contributed by atoms with Crippen molar-refractivity contribution in [1.82, 2.24) is 0 Å². The average Bonchev–Trinajstić information content (AvgIpc) is 2.61. The van der Waals surface area contributed by atoms with E-state index in [1.165, 1.54) is 18.2 Å². The van der Waals surface area contributed by atoms with Crippen molar-refractivity contribution in [3.05, 3.63) is 53.1 Å². The molecule has 0 heterocycles. The van der Waals surface area contributed by atoms with Crippen LogP contribution in [-0.2, 0) is 14.8 Å². The summed E-state index contributed by atoms with van der Waals surface area (Å²) in [6.45, 7) is 3.39. The van der Waals surface area contributed by atoms with Crippen molar-refractivity contribution in [3.8, 4) is 5.75 Å². The molecule has 11 heteroatoms. The number of aryl methyl sites for hydroxylation is 1. The first-order valence-corrected chi connectivity index (χ1v) is 11.0. The second-order valence-electron chi connectivity index (χ2n) is 6.48. The first-order valence-electron chi connectivity index (χ1n) is 8.74. The van der Waals surface area contributed by atoms with Gasteiger partial charge in [-0.2, -0.15) is 0 Å². The summed E-state index contributed by atoms with van der Waals surface area (Å²) in [5.74, 6) is -1.09. The molecule has 1 N–H and O–H groups in total. The Kier molecular flexibility index (Phi) is 7.25. The highest BCUT2D eigenvalue weighted by molar-refractivity contribution is 7.92. The summed E-state index contributed by atoms with van der Waals surface area (Å²) >= 11 is 6.11. The van der Waals surface area contributed by atoms with Gasteiger partial charge in [0.25, 0.3) is 0 Å². The van der Waals surface area contributed by atoms with E-state index in [-0.39, 0.29) is 17.8 Å². The Bertz CT molecular complexity index is 1010. The summed E-state index contributed by atoms with van der Waals surface area (Å²) in [4.78, 5) is 12.8. The second kappa shape index (κ2) is 9.13. The maximum absolute atomic E-state index is 12.8. The van der Waals surface area contributed by atoms with E-state index in [0.29, 0.717) is 5.02 Å². The van der Waals surface area contributed by atoms with Crippen molar-refractivity contribution >= 4 is 38.9 Å². The zero-order valence-corrected chi connectivity index (χ0v) is 17.9. The zero-order chi connectivity index (χ0) is 22.7. The van der Waals surface area contributed by atoms with E-state index in [4.69, 9.17) is 11.6 Å². The molecule has 1 amide bonds. The van der Waals surface area contributed by atoms with Crippen LogP contribution in [0.4, 0.5) is 24.5 Å². The molecule has 0 saturated heterocycles. The molecular formula is C19H20ClF3N2O4S. The fourth-order valence-corrected chi connectivity index (χ4v) is 4.12. The minimum absolute atomic E-state index is 0.139. The molecule has 0 aliphatic carbocycles. The van der Waals surface area contributed by atoms with Crippen LogP contribution in [0, 0.1) is 6.92 Å². The van der Waals surface area contributed by atoms with Gasteiger partial charge in [0.1, 0.15) is 11.8 Å². The Hall–Kier alpha value is -2.46. The molecule has 0 spiro atoms. The van der Waals surface area contributed by atoms with Crippen LogP contribution in [0.15, 0.2) is 42.5 Å². The van der Waals surface area contributed by atoms with Crippen LogP contribution in [0.25, 0.3) is 0 Å². The number of nitrogens with one attached hydrogen (secondary N) is 1. The highest BCUT2D eigenvalue weighted by atomic mass is 35.5.